The SMILES string of the molecule is COc1ccc2c(c1)OCCC2NC(=O)c1c(C(C)C)n[nH]c1C. The van der Waals surface area contributed by atoms with Crippen LogP contribution in [0.2, 0.25) is 0 Å². The molecule has 0 saturated heterocycles. The lowest BCUT2D eigenvalue weighted by Crippen LogP contribution is -2.33. The Bertz CT molecular complexity index is 752. The maximum atomic E-state index is 12.8. The molecule has 0 bridgehead atoms. The lowest BCUT2D eigenvalue weighted by Gasteiger charge is -2.27. The van der Waals surface area contributed by atoms with Crippen molar-refractivity contribution in [3.63, 3.8) is 0 Å². The van der Waals surface area contributed by atoms with E-state index in [4.69, 9.17) is 9.47 Å². The van der Waals surface area contributed by atoms with Crippen molar-refractivity contribution in [1.29, 1.82) is 0 Å². The Balaban J connectivity index is 1.86. The second-order valence-electron chi connectivity index (χ2n) is 6.33. The number of aromatic nitrogens is 2. The minimum absolute atomic E-state index is 0.0820. The number of hydrogen-bond acceptors (Lipinski definition) is 4. The van der Waals surface area contributed by atoms with E-state index in [0.29, 0.717) is 12.2 Å². The van der Waals surface area contributed by atoms with Crippen LogP contribution in [0.4, 0.5) is 0 Å². The zero-order valence-electron chi connectivity index (χ0n) is 14.5. The Morgan fingerprint density at radius 2 is 2.25 bits per heavy atom. The molecular formula is C18H23N3O3. The van der Waals surface area contributed by atoms with Gasteiger partial charge in [-0.1, -0.05) is 13.8 Å². The number of methoxy groups -OCH3 is 1. The van der Waals surface area contributed by atoms with Gasteiger partial charge >= 0.3 is 0 Å². The molecule has 1 aromatic carbocycles. The van der Waals surface area contributed by atoms with E-state index in [1.807, 2.05) is 39.0 Å². The van der Waals surface area contributed by atoms with Crippen molar-refractivity contribution in [2.45, 2.75) is 39.2 Å². The lowest BCUT2D eigenvalue weighted by atomic mass is 9.98. The van der Waals surface area contributed by atoms with Crippen LogP contribution >= 0.6 is 0 Å². The molecule has 1 aliphatic rings. The molecule has 2 aromatic rings. The third-order valence-electron chi connectivity index (χ3n) is 4.31. The molecule has 0 spiro atoms. The van der Waals surface area contributed by atoms with Crippen LogP contribution in [0, 0.1) is 6.92 Å². The molecule has 3 rings (SSSR count). The number of hydrogen-bond donors (Lipinski definition) is 2. The number of nitrogens with one attached hydrogen (secondary N) is 2. The van der Waals surface area contributed by atoms with Crippen LogP contribution in [0.15, 0.2) is 18.2 Å². The van der Waals surface area contributed by atoms with Crippen LogP contribution in [0.3, 0.4) is 0 Å². The first-order valence-corrected chi connectivity index (χ1v) is 8.17. The second-order valence-corrected chi connectivity index (χ2v) is 6.33. The molecule has 24 heavy (non-hydrogen) atoms. The summed E-state index contributed by atoms with van der Waals surface area (Å²) in [6.45, 7) is 6.49. The summed E-state index contributed by atoms with van der Waals surface area (Å²) in [7, 11) is 1.62. The average Bonchev–Trinajstić information content (AvgIpc) is 2.96. The fourth-order valence-corrected chi connectivity index (χ4v) is 3.03. The van der Waals surface area contributed by atoms with Gasteiger partial charge in [-0.3, -0.25) is 9.89 Å². The molecule has 6 heteroatoms. The van der Waals surface area contributed by atoms with E-state index in [-0.39, 0.29) is 17.9 Å². The highest BCUT2D eigenvalue weighted by Gasteiger charge is 2.27. The van der Waals surface area contributed by atoms with Crippen LogP contribution in [0.25, 0.3) is 0 Å². The number of benzene rings is 1. The van der Waals surface area contributed by atoms with E-state index in [1.54, 1.807) is 7.11 Å². The first kappa shape index (κ1) is 16.4. The Morgan fingerprint density at radius 3 is 2.96 bits per heavy atom. The van der Waals surface area contributed by atoms with Gasteiger partial charge in [0.05, 0.1) is 31.0 Å². The molecule has 1 aromatic heterocycles. The monoisotopic (exact) mass is 329 g/mol. The number of ether oxygens (including phenoxy) is 2. The van der Waals surface area contributed by atoms with Gasteiger partial charge < -0.3 is 14.8 Å². The van der Waals surface area contributed by atoms with E-state index in [9.17, 15) is 4.79 Å². The fourth-order valence-electron chi connectivity index (χ4n) is 3.03. The maximum Gasteiger partial charge on any atom is 0.255 e. The molecule has 0 radical (unpaired) electrons. The summed E-state index contributed by atoms with van der Waals surface area (Å²) >= 11 is 0. The van der Waals surface area contributed by atoms with Gasteiger partial charge in [0, 0.05) is 23.7 Å². The van der Waals surface area contributed by atoms with Crippen molar-refractivity contribution in [3.05, 3.63) is 40.7 Å². The summed E-state index contributed by atoms with van der Waals surface area (Å²) in [6, 6.07) is 5.61. The van der Waals surface area contributed by atoms with E-state index >= 15 is 0 Å². The minimum atomic E-state index is -0.0985. The largest absolute Gasteiger partial charge is 0.497 e. The van der Waals surface area contributed by atoms with Crippen LogP contribution in [-0.2, 0) is 0 Å². The zero-order valence-corrected chi connectivity index (χ0v) is 14.5. The van der Waals surface area contributed by atoms with Crippen LogP contribution in [0.1, 0.15) is 59.5 Å². The van der Waals surface area contributed by atoms with E-state index in [1.165, 1.54) is 0 Å². The Hall–Kier alpha value is -2.50. The predicted octanol–water partition coefficient (Wildman–Crippen LogP) is 3.10. The van der Waals surface area contributed by atoms with Gasteiger partial charge in [0.15, 0.2) is 0 Å². The topological polar surface area (TPSA) is 76.2 Å². The molecule has 1 amide bonds. The number of rotatable bonds is 4. The summed E-state index contributed by atoms with van der Waals surface area (Å²) in [6.07, 6.45) is 0.735. The van der Waals surface area contributed by atoms with Crippen LogP contribution in [0.5, 0.6) is 11.5 Å². The number of aryl methyl sites for hydroxylation is 1. The van der Waals surface area contributed by atoms with Gasteiger partial charge in [0.2, 0.25) is 0 Å². The van der Waals surface area contributed by atoms with Gasteiger partial charge in [-0.2, -0.15) is 5.10 Å². The van der Waals surface area contributed by atoms with Crippen molar-refractivity contribution in [1.82, 2.24) is 15.5 Å². The molecule has 6 nitrogen and oxygen atoms in total. The van der Waals surface area contributed by atoms with Crippen LogP contribution < -0.4 is 14.8 Å². The molecule has 1 aliphatic heterocycles. The third kappa shape index (κ3) is 2.96. The molecule has 0 aliphatic carbocycles. The summed E-state index contributed by atoms with van der Waals surface area (Å²) in [5.74, 6) is 1.59. The molecule has 1 atom stereocenters. The van der Waals surface area contributed by atoms with Gasteiger partial charge in [-0.05, 0) is 25.0 Å². The van der Waals surface area contributed by atoms with E-state index in [2.05, 4.69) is 15.5 Å². The highest BCUT2D eigenvalue weighted by molar-refractivity contribution is 5.96. The highest BCUT2D eigenvalue weighted by Crippen LogP contribution is 2.35. The molecule has 2 heterocycles. The number of carbonyl (C=O) groups excluding carboxylic acids is 1. The minimum Gasteiger partial charge on any atom is -0.497 e. The first-order valence-electron chi connectivity index (χ1n) is 8.17. The molecule has 1 unspecified atom stereocenters. The number of aromatic amines is 1. The number of carbonyl (C=O) groups is 1. The summed E-state index contributed by atoms with van der Waals surface area (Å²) < 4.78 is 10.9. The normalized spacial score (nSPS) is 16.5. The maximum absolute atomic E-state index is 12.8. The lowest BCUT2D eigenvalue weighted by molar-refractivity contribution is 0.0923. The number of nitrogens with zero attached hydrogens (tertiary/aromatic N) is 1. The van der Waals surface area contributed by atoms with Crippen molar-refractivity contribution >= 4 is 5.91 Å². The molecular weight excluding hydrogens is 306 g/mol. The first-order chi connectivity index (χ1) is 11.5. The summed E-state index contributed by atoms with van der Waals surface area (Å²) in [5.41, 5.74) is 3.21. The fraction of sp³-hybridized carbons (Fsp3) is 0.444. The van der Waals surface area contributed by atoms with Gasteiger partial charge in [0.1, 0.15) is 11.5 Å². The molecule has 0 saturated carbocycles. The van der Waals surface area contributed by atoms with Gasteiger partial charge in [-0.25, -0.2) is 0 Å². The smallest absolute Gasteiger partial charge is 0.255 e. The number of fused-ring (bicyclic) bond motifs is 1. The quantitative estimate of drug-likeness (QED) is 0.904. The molecule has 128 valence electrons. The second kappa shape index (κ2) is 6.55. The summed E-state index contributed by atoms with van der Waals surface area (Å²) in [5, 5.41) is 10.3. The number of amides is 1. The third-order valence-corrected chi connectivity index (χ3v) is 4.31. The van der Waals surface area contributed by atoms with Crippen molar-refractivity contribution in [2.75, 3.05) is 13.7 Å². The Morgan fingerprint density at radius 1 is 1.46 bits per heavy atom. The van der Waals surface area contributed by atoms with Gasteiger partial charge in [0.25, 0.3) is 5.91 Å². The van der Waals surface area contributed by atoms with Crippen molar-refractivity contribution < 1.29 is 14.3 Å². The molecule has 2 N–H and O–H groups in total. The summed E-state index contributed by atoms with van der Waals surface area (Å²) in [4.78, 5) is 12.8. The highest BCUT2D eigenvalue weighted by atomic mass is 16.5. The standard InChI is InChI=1S/C18H23N3O3/c1-10(2)17-16(11(3)20-21-17)18(22)19-14-7-8-24-15-9-12(23-4)5-6-13(14)15/h5-6,9-10,14H,7-8H2,1-4H3,(H,19,22)(H,20,21). The predicted molar refractivity (Wildman–Crippen MR) is 90.7 cm³/mol. The number of H-pyrrole nitrogens is 1. The Kier molecular flexibility index (Phi) is 4.46. The van der Waals surface area contributed by atoms with Crippen molar-refractivity contribution in [2.24, 2.45) is 0 Å². The average molecular weight is 329 g/mol. The van der Waals surface area contributed by atoms with Crippen molar-refractivity contribution in [3.8, 4) is 11.5 Å². The van der Waals surface area contributed by atoms with E-state index < -0.39 is 0 Å². The molecule has 0 fully saturated rings. The van der Waals surface area contributed by atoms with E-state index in [0.717, 1.165) is 34.9 Å². The van der Waals surface area contributed by atoms with Crippen LogP contribution in [-0.4, -0.2) is 29.8 Å². The van der Waals surface area contributed by atoms with Gasteiger partial charge in [-0.15, -0.1) is 0 Å². The zero-order chi connectivity index (χ0) is 17.3. The Labute approximate surface area is 141 Å².